The van der Waals surface area contributed by atoms with Crippen LogP contribution in [0.1, 0.15) is 6.23 Å². The molecule has 4 atom stereocenters. The Morgan fingerprint density at radius 1 is 1.32 bits per heavy atom. The van der Waals surface area contributed by atoms with Crippen molar-refractivity contribution in [2.45, 2.75) is 24.5 Å². The second-order valence-corrected chi connectivity index (χ2v) is 4.32. The highest BCUT2D eigenvalue weighted by atomic mass is 16.6. The van der Waals surface area contributed by atoms with Crippen LogP contribution in [-0.4, -0.2) is 59.8 Å². The number of aromatic nitrogens is 4. The molecule has 102 valence electrons. The molecule has 3 heterocycles. The highest BCUT2D eigenvalue weighted by Crippen LogP contribution is 2.31. The molecule has 1 saturated heterocycles. The van der Waals surface area contributed by atoms with E-state index in [9.17, 15) is 10.2 Å². The Balaban J connectivity index is 2.03. The number of hydrogen-bond acceptors (Lipinski definition) is 8. The lowest BCUT2D eigenvalue weighted by Crippen LogP contribution is -2.33. The van der Waals surface area contributed by atoms with Gasteiger partial charge < -0.3 is 25.8 Å². The van der Waals surface area contributed by atoms with Crippen LogP contribution in [0.5, 0.6) is 0 Å². The summed E-state index contributed by atoms with van der Waals surface area (Å²) >= 11 is 0. The summed E-state index contributed by atoms with van der Waals surface area (Å²) < 4.78 is 6.85. The second kappa shape index (κ2) is 4.38. The molecule has 0 bridgehead atoms. The van der Waals surface area contributed by atoms with Gasteiger partial charge in [-0.1, -0.05) is 0 Å². The van der Waals surface area contributed by atoms with Gasteiger partial charge in [0, 0.05) is 0 Å². The van der Waals surface area contributed by atoms with E-state index in [2.05, 4.69) is 15.0 Å². The summed E-state index contributed by atoms with van der Waals surface area (Å²) in [5.41, 5.74) is 6.39. The van der Waals surface area contributed by atoms with Crippen molar-refractivity contribution >= 4 is 17.1 Å². The second-order valence-electron chi connectivity index (χ2n) is 4.32. The quantitative estimate of drug-likeness (QED) is 0.491. The zero-order valence-corrected chi connectivity index (χ0v) is 9.79. The fraction of sp³-hybridized carbons (Fsp3) is 0.500. The maximum Gasteiger partial charge on any atom is 0.222 e. The Morgan fingerprint density at radius 3 is 2.79 bits per heavy atom. The molecule has 0 saturated carbocycles. The number of aliphatic hydroxyl groups is 3. The fourth-order valence-electron chi connectivity index (χ4n) is 2.14. The molecule has 19 heavy (non-hydrogen) atoms. The zero-order valence-electron chi connectivity index (χ0n) is 9.79. The third-order valence-electron chi connectivity index (χ3n) is 3.13. The lowest BCUT2D eigenvalue weighted by molar-refractivity contribution is -0.0511. The van der Waals surface area contributed by atoms with E-state index >= 15 is 0 Å². The molecule has 2 aromatic heterocycles. The van der Waals surface area contributed by atoms with Crippen molar-refractivity contribution in [3.05, 3.63) is 12.5 Å². The molecule has 9 heteroatoms. The summed E-state index contributed by atoms with van der Waals surface area (Å²) in [5.74, 6) is 0.0704. The summed E-state index contributed by atoms with van der Waals surface area (Å²) in [5, 5.41) is 28.7. The lowest BCUT2D eigenvalue weighted by Gasteiger charge is -2.16. The topological polar surface area (TPSA) is 140 Å². The van der Waals surface area contributed by atoms with Crippen molar-refractivity contribution < 1.29 is 20.1 Å². The normalized spacial score (nSPS) is 31.1. The van der Waals surface area contributed by atoms with E-state index in [0.29, 0.717) is 11.2 Å². The molecule has 1 aliphatic heterocycles. The first kappa shape index (κ1) is 12.2. The molecule has 1 aliphatic rings. The van der Waals surface area contributed by atoms with Crippen LogP contribution in [-0.2, 0) is 4.74 Å². The Morgan fingerprint density at radius 2 is 2.11 bits per heavy atom. The van der Waals surface area contributed by atoms with Crippen molar-refractivity contribution in [2.24, 2.45) is 0 Å². The standard InChI is InChI=1S/C10H13N5O4/c11-10-12-1-4-8(14-10)15(3-13-4)9-7(18)6(17)5(2-16)19-9/h1,3,5-7,9,16-18H,2H2,(H2,11,12,14)/t5-,6-,7-,9-/m1/s1. The van der Waals surface area contributed by atoms with Crippen molar-refractivity contribution in [2.75, 3.05) is 12.3 Å². The van der Waals surface area contributed by atoms with Gasteiger partial charge in [-0.15, -0.1) is 0 Å². The minimum absolute atomic E-state index is 0.0704. The lowest BCUT2D eigenvalue weighted by atomic mass is 10.1. The fourth-order valence-corrected chi connectivity index (χ4v) is 2.14. The van der Waals surface area contributed by atoms with Crippen molar-refractivity contribution in [3.8, 4) is 0 Å². The van der Waals surface area contributed by atoms with Gasteiger partial charge in [-0.25, -0.2) is 9.97 Å². The number of nitrogen functional groups attached to an aromatic ring is 1. The molecular formula is C10H13N5O4. The maximum atomic E-state index is 9.95. The molecular weight excluding hydrogens is 254 g/mol. The molecule has 2 aromatic rings. The zero-order chi connectivity index (χ0) is 13.6. The van der Waals surface area contributed by atoms with Crippen LogP contribution in [0, 0.1) is 0 Å². The van der Waals surface area contributed by atoms with E-state index in [1.54, 1.807) is 0 Å². The van der Waals surface area contributed by atoms with Gasteiger partial charge in [0.15, 0.2) is 11.9 Å². The maximum absolute atomic E-state index is 9.95. The van der Waals surface area contributed by atoms with Crippen molar-refractivity contribution in [1.82, 2.24) is 19.5 Å². The first-order chi connectivity index (χ1) is 9.11. The summed E-state index contributed by atoms with van der Waals surface area (Å²) in [4.78, 5) is 11.9. The molecule has 0 aromatic carbocycles. The van der Waals surface area contributed by atoms with Crippen LogP contribution in [0.4, 0.5) is 5.95 Å². The van der Waals surface area contributed by atoms with Crippen LogP contribution >= 0.6 is 0 Å². The van der Waals surface area contributed by atoms with Crippen LogP contribution in [0.15, 0.2) is 12.5 Å². The average molecular weight is 267 g/mol. The number of imidazole rings is 1. The number of nitrogens with two attached hydrogens (primary N) is 1. The van der Waals surface area contributed by atoms with Crippen LogP contribution < -0.4 is 5.73 Å². The van der Waals surface area contributed by atoms with Gasteiger partial charge >= 0.3 is 0 Å². The van der Waals surface area contributed by atoms with Crippen LogP contribution in [0.25, 0.3) is 11.2 Å². The van der Waals surface area contributed by atoms with Gasteiger partial charge in [0.1, 0.15) is 23.8 Å². The molecule has 0 unspecified atom stereocenters. The number of aliphatic hydroxyl groups excluding tert-OH is 3. The van der Waals surface area contributed by atoms with E-state index in [-0.39, 0.29) is 5.95 Å². The van der Waals surface area contributed by atoms with Crippen LogP contribution in [0.3, 0.4) is 0 Å². The molecule has 3 rings (SSSR count). The SMILES string of the molecule is Nc1ncc2ncn([C@@H]3O[C@H](CO)[C@@H](O)[C@H]3O)c2n1. The highest BCUT2D eigenvalue weighted by molar-refractivity contribution is 5.70. The Kier molecular flexibility index (Phi) is 2.82. The number of hydrogen-bond donors (Lipinski definition) is 4. The van der Waals surface area contributed by atoms with Gasteiger partial charge in [0.2, 0.25) is 5.95 Å². The third kappa shape index (κ3) is 1.83. The van der Waals surface area contributed by atoms with E-state index in [0.717, 1.165) is 0 Å². The van der Waals surface area contributed by atoms with Gasteiger partial charge in [-0.3, -0.25) is 4.57 Å². The number of rotatable bonds is 2. The first-order valence-corrected chi connectivity index (χ1v) is 5.69. The van der Waals surface area contributed by atoms with Gasteiger partial charge in [-0.05, 0) is 0 Å². The van der Waals surface area contributed by atoms with Crippen molar-refractivity contribution in [1.29, 1.82) is 0 Å². The Labute approximate surface area is 107 Å². The number of anilines is 1. The predicted molar refractivity (Wildman–Crippen MR) is 62.7 cm³/mol. The predicted octanol–water partition coefficient (Wildman–Crippen LogP) is -1.98. The van der Waals surface area contributed by atoms with Crippen molar-refractivity contribution in [3.63, 3.8) is 0 Å². The summed E-state index contributed by atoms with van der Waals surface area (Å²) in [7, 11) is 0. The summed E-state index contributed by atoms with van der Waals surface area (Å²) in [6, 6.07) is 0. The summed E-state index contributed by atoms with van der Waals surface area (Å²) in [6.07, 6.45) is -1.23. The molecule has 0 aliphatic carbocycles. The Bertz CT molecular complexity index is 603. The number of fused-ring (bicyclic) bond motifs is 1. The Hall–Kier alpha value is -1.81. The largest absolute Gasteiger partial charge is 0.394 e. The highest BCUT2D eigenvalue weighted by Gasteiger charge is 2.43. The van der Waals surface area contributed by atoms with Gasteiger partial charge in [0.25, 0.3) is 0 Å². The van der Waals surface area contributed by atoms with Gasteiger partial charge in [0.05, 0.1) is 19.1 Å². The monoisotopic (exact) mass is 267 g/mol. The van der Waals surface area contributed by atoms with Gasteiger partial charge in [-0.2, -0.15) is 4.98 Å². The first-order valence-electron chi connectivity index (χ1n) is 5.69. The van der Waals surface area contributed by atoms with E-state index < -0.39 is 31.1 Å². The molecule has 0 amide bonds. The average Bonchev–Trinajstić information content (AvgIpc) is 2.92. The third-order valence-corrected chi connectivity index (χ3v) is 3.13. The molecule has 9 nitrogen and oxygen atoms in total. The van der Waals surface area contributed by atoms with Crippen LogP contribution in [0.2, 0.25) is 0 Å². The minimum atomic E-state index is -1.19. The molecule has 5 N–H and O–H groups in total. The minimum Gasteiger partial charge on any atom is -0.394 e. The smallest absolute Gasteiger partial charge is 0.222 e. The van der Waals surface area contributed by atoms with E-state index in [1.807, 2.05) is 0 Å². The van der Waals surface area contributed by atoms with E-state index in [1.165, 1.54) is 17.1 Å². The molecule has 0 spiro atoms. The van der Waals surface area contributed by atoms with E-state index in [4.69, 9.17) is 15.6 Å². The number of nitrogens with zero attached hydrogens (tertiary/aromatic N) is 4. The number of ether oxygens (including phenoxy) is 1. The molecule has 0 radical (unpaired) electrons. The molecule has 1 fully saturated rings. The summed E-state index contributed by atoms with van der Waals surface area (Å²) in [6.45, 7) is -0.390.